The van der Waals surface area contributed by atoms with Crippen LogP contribution in [0.15, 0.2) is 36.4 Å². The third-order valence-corrected chi connectivity index (χ3v) is 5.62. The molecule has 0 radical (unpaired) electrons. The topological polar surface area (TPSA) is 111 Å². The Labute approximate surface area is 184 Å². The molecule has 8 nitrogen and oxygen atoms in total. The number of carbonyl (C=O) groups is 2. The van der Waals surface area contributed by atoms with E-state index in [0.717, 1.165) is 29.7 Å². The van der Waals surface area contributed by atoms with Crippen LogP contribution >= 0.6 is 11.6 Å². The molecule has 2 aromatic carbocycles. The molecule has 2 amide bonds. The molecule has 1 aliphatic heterocycles. The van der Waals surface area contributed by atoms with Crippen LogP contribution in [-0.4, -0.2) is 53.5 Å². The van der Waals surface area contributed by atoms with Crippen LogP contribution in [0.2, 0.25) is 5.02 Å². The second-order valence-corrected chi connectivity index (χ2v) is 7.88. The molecule has 0 bridgehead atoms. The number of hydrogen-bond donors (Lipinski definition) is 2. The van der Waals surface area contributed by atoms with Crippen LogP contribution < -0.4 is 15.2 Å². The molecule has 0 aliphatic carbocycles. The maximum absolute atomic E-state index is 13.2. The highest BCUT2D eigenvalue weighted by atomic mass is 35.5. The van der Waals surface area contributed by atoms with Crippen LogP contribution in [0.5, 0.6) is 11.5 Å². The molecule has 1 aliphatic rings. The summed E-state index contributed by atoms with van der Waals surface area (Å²) in [5.74, 6) is 0.678. The number of para-hydroxylation sites is 2. The number of nitrogens with two attached hydrogens (primary N) is 1. The van der Waals surface area contributed by atoms with Crippen LogP contribution in [0.25, 0.3) is 11.0 Å². The monoisotopic (exact) mass is 442 g/mol. The van der Waals surface area contributed by atoms with Gasteiger partial charge in [0.1, 0.15) is 5.82 Å². The van der Waals surface area contributed by atoms with Gasteiger partial charge in [0.2, 0.25) is 0 Å². The lowest BCUT2D eigenvalue weighted by atomic mass is 9.96. The van der Waals surface area contributed by atoms with Crippen LogP contribution in [0, 0.1) is 0 Å². The summed E-state index contributed by atoms with van der Waals surface area (Å²) in [5, 5.41) is 0.176. The van der Waals surface area contributed by atoms with Crippen molar-refractivity contribution in [1.82, 2.24) is 14.9 Å². The van der Waals surface area contributed by atoms with Crippen molar-refractivity contribution in [2.24, 2.45) is 5.73 Å². The van der Waals surface area contributed by atoms with Gasteiger partial charge in [0, 0.05) is 24.6 Å². The molecular weight excluding hydrogens is 420 g/mol. The smallest absolute Gasteiger partial charge is 0.255 e. The first kappa shape index (κ1) is 21.0. The minimum atomic E-state index is -0.636. The molecule has 31 heavy (non-hydrogen) atoms. The number of primary amides is 1. The highest BCUT2D eigenvalue weighted by Gasteiger charge is 2.28. The van der Waals surface area contributed by atoms with Crippen molar-refractivity contribution >= 4 is 34.4 Å². The zero-order valence-electron chi connectivity index (χ0n) is 17.1. The molecule has 2 heterocycles. The largest absolute Gasteiger partial charge is 0.493 e. The maximum atomic E-state index is 13.2. The van der Waals surface area contributed by atoms with Crippen molar-refractivity contribution < 1.29 is 19.1 Å². The van der Waals surface area contributed by atoms with Crippen molar-refractivity contribution in [3.8, 4) is 11.5 Å². The number of aromatic nitrogens is 2. The lowest BCUT2D eigenvalue weighted by Gasteiger charge is -2.32. The van der Waals surface area contributed by atoms with Gasteiger partial charge in [0.15, 0.2) is 18.1 Å². The molecule has 0 spiro atoms. The Hall–Kier alpha value is -3.26. The molecule has 0 saturated carbocycles. The highest BCUT2D eigenvalue weighted by Crippen LogP contribution is 2.37. The molecule has 9 heteroatoms. The number of H-pyrrole nitrogens is 1. The van der Waals surface area contributed by atoms with Crippen molar-refractivity contribution in [3.63, 3.8) is 0 Å². The van der Waals surface area contributed by atoms with E-state index in [4.69, 9.17) is 31.8 Å². The van der Waals surface area contributed by atoms with E-state index in [1.807, 2.05) is 24.3 Å². The molecule has 1 fully saturated rings. The van der Waals surface area contributed by atoms with Crippen molar-refractivity contribution in [2.45, 2.75) is 18.8 Å². The SMILES string of the molecule is COc1cc(C(=O)N2CCCC(c3nc4ccccc4[nH]3)C2)cc(Cl)c1OCC(N)=O. The third-order valence-electron chi connectivity index (χ3n) is 5.34. The predicted octanol–water partition coefficient (Wildman–Crippen LogP) is 3.11. The van der Waals surface area contributed by atoms with E-state index < -0.39 is 5.91 Å². The van der Waals surface area contributed by atoms with E-state index in [9.17, 15) is 9.59 Å². The van der Waals surface area contributed by atoms with E-state index in [-0.39, 0.29) is 35.0 Å². The number of ether oxygens (including phenoxy) is 2. The number of aromatic amines is 1. The summed E-state index contributed by atoms with van der Waals surface area (Å²) < 4.78 is 10.6. The maximum Gasteiger partial charge on any atom is 0.255 e. The molecule has 1 unspecified atom stereocenters. The first-order chi connectivity index (χ1) is 15.0. The third kappa shape index (κ3) is 4.44. The number of nitrogens with one attached hydrogen (secondary N) is 1. The molecule has 1 aromatic heterocycles. The number of carbonyl (C=O) groups excluding carboxylic acids is 2. The van der Waals surface area contributed by atoms with Gasteiger partial charge in [-0.25, -0.2) is 4.98 Å². The fourth-order valence-corrected chi connectivity index (χ4v) is 4.13. The number of hydrogen-bond acceptors (Lipinski definition) is 5. The summed E-state index contributed by atoms with van der Waals surface area (Å²) in [6.45, 7) is 0.864. The average molecular weight is 443 g/mol. The molecule has 1 saturated heterocycles. The normalized spacial score (nSPS) is 16.3. The lowest BCUT2D eigenvalue weighted by molar-refractivity contribution is -0.119. The molecule has 3 aromatic rings. The van der Waals surface area contributed by atoms with Gasteiger partial charge in [-0.2, -0.15) is 0 Å². The Morgan fingerprint density at radius 3 is 2.87 bits per heavy atom. The lowest BCUT2D eigenvalue weighted by Crippen LogP contribution is -2.39. The first-order valence-electron chi connectivity index (χ1n) is 9.99. The Bertz CT molecular complexity index is 1100. The van der Waals surface area contributed by atoms with Crippen LogP contribution in [0.4, 0.5) is 0 Å². The number of methoxy groups -OCH3 is 1. The first-order valence-corrected chi connectivity index (χ1v) is 10.4. The fourth-order valence-electron chi connectivity index (χ4n) is 3.86. The minimum absolute atomic E-state index is 0.126. The van der Waals surface area contributed by atoms with E-state index in [0.29, 0.717) is 18.7 Å². The number of benzene rings is 2. The zero-order valence-corrected chi connectivity index (χ0v) is 17.8. The van der Waals surface area contributed by atoms with E-state index >= 15 is 0 Å². The number of piperidine rings is 1. The Kier molecular flexibility index (Phi) is 5.99. The quantitative estimate of drug-likeness (QED) is 0.609. The minimum Gasteiger partial charge on any atom is -0.493 e. The Morgan fingerprint density at radius 1 is 1.32 bits per heavy atom. The molecule has 3 N–H and O–H groups in total. The van der Waals surface area contributed by atoms with Gasteiger partial charge in [-0.15, -0.1) is 0 Å². The van der Waals surface area contributed by atoms with E-state index in [1.165, 1.54) is 13.2 Å². The van der Waals surface area contributed by atoms with Gasteiger partial charge in [0.25, 0.3) is 11.8 Å². The average Bonchev–Trinajstić information content (AvgIpc) is 3.21. The summed E-state index contributed by atoms with van der Waals surface area (Å²) in [6, 6.07) is 11.0. The number of nitrogens with zero attached hydrogens (tertiary/aromatic N) is 2. The summed E-state index contributed by atoms with van der Waals surface area (Å²) >= 11 is 6.31. The number of rotatable bonds is 6. The molecule has 4 rings (SSSR count). The van der Waals surface area contributed by atoms with Crippen molar-refractivity contribution in [2.75, 3.05) is 26.8 Å². The second kappa shape index (κ2) is 8.85. The Balaban J connectivity index is 1.54. The number of likely N-dealkylation sites (tertiary alicyclic amines) is 1. The predicted molar refractivity (Wildman–Crippen MR) is 117 cm³/mol. The van der Waals surface area contributed by atoms with Gasteiger partial charge in [0.05, 0.1) is 23.2 Å². The van der Waals surface area contributed by atoms with Gasteiger partial charge in [-0.3, -0.25) is 9.59 Å². The molecule has 162 valence electrons. The van der Waals surface area contributed by atoms with Crippen LogP contribution in [0.3, 0.4) is 0 Å². The van der Waals surface area contributed by atoms with Gasteiger partial charge >= 0.3 is 0 Å². The molecular formula is C22H23ClN4O4. The highest BCUT2D eigenvalue weighted by molar-refractivity contribution is 6.32. The number of imidazole rings is 1. The van der Waals surface area contributed by atoms with Gasteiger partial charge < -0.3 is 25.1 Å². The second-order valence-electron chi connectivity index (χ2n) is 7.47. The van der Waals surface area contributed by atoms with Crippen LogP contribution in [0.1, 0.15) is 34.9 Å². The number of halogens is 1. The Morgan fingerprint density at radius 2 is 2.13 bits per heavy atom. The summed E-state index contributed by atoms with van der Waals surface area (Å²) in [6.07, 6.45) is 1.83. The molecule has 1 atom stereocenters. The number of fused-ring (bicyclic) bond motifs is 1. The van der Waals surface area contributed by atoms with Crippen molar-refractivity contribution in [3.05, 3.63) is 52.8 Å². The van der Waals surface area contributed by atoms with Crippen molar-refractivity contribution in [1.29, 1.82) is 0 Å². The standard InChI is InChI=1S/C22H23ClN4O4/c1-30-18-10-14(9-15(23)20(18)31-12-19(24)28)22(29)27-8-4-5-13(11-27)21-25-16-6-2-3-7-17(16)26-21/h2-3,6-7,9-10,13H,4-5,8,11-12H2,1H3,(H2,24,28)(H,25,26). The van der Waals surface area contributed by atoms with Gasteiger partial charge in [-0.1, -0.05) is 23.7 Å². The van der Waals surface area contributed by atoms with E-state index in [2.05, 4.69) is 4.98 Å². The summed E-state index contributed by atoms with van der Waals surface area (Å²) in [4.78, 5) is 34.1. The van der Waals surface area contributed by atoms with Crippen LogP contribution in [-0.2, 0) is 4.79 Å². The van der Waals surface area contributed by atoms with E-state index in [1.54, 1.807) is 11.0 Å². The summed E-state index contributed by atoms with van der Waals surface area (Å²) in [5.41, 5.74) is 7.42. The van der Waals surface area contributed by atoms with Gasteiger partial charge in [-0.05, 0) is 37.1 Å². The number of amides is 2. The summed E-state index contributed by atoms with van der Waals surface area (Å²) in [7, 11) is 1.44. The zero-order chi connectivity index (χ0) is 22.0. The fraction of sp³-hybridized carbons (Fsp3) is 0.318.